The summed E-state index contributed by atoms with van der Waals surface area (Å²) in [5, 5.41) is 23.5. The van der Waals surface area contributed by atoms with Crippen LogP contribution in [0.5, 0.6) is 0 Å². The van der Waals surface area contributed by atoms with E-state index in [4.69, 9.17) is 16.6 Å². The topological polar surface area (TPSA) is 119 Å². The van der Waals surface area contributed by atoms with E-state index in [2.05, 4.69) is 15.2 Å². The van der Waals surface area contributed by atoms with Gasteiger partial charge in [-0.3, -0.25) is 15.9 Å². The maximum Gasteiger partial charge on any atom is 0.433 e. The van der Waals surface area contributed by atoms with Crippen LogP contribution in [0.4, 0.5) is 13.2 Å². The first-order valence-corrected chi connectivity index (χ1v) is 11.3. The van der Waals surface area contributed by atoms with Crippen LogP contribution in [0, 0.1) is 16.7 Å². The highest BCUT2D eigenvalue weighted by Crippen LogP contribution is 2.42. The van der Waals surface area contributed by atoms with Gasteiger partial charge < -0.3 is 10.6 Å². The second kappa shape index (κ2) is 10.3. The first kappa shape index (κ1) is 25.4. The van der Waals surface area contributed by atoms with Crippen LogP contribution in [-0.4, -0.2) is 39.3 Å². The van der Waals surface area contributed by atoms with Crippen molar-refractivity contribution >= 4 is 23.1 Å². The number of rotatable bonds is 6. The average Bonchev–Trinajstić information content (AvgIpc) is 3.24. The lowest BCUT2D eigenvalue weighted by Gasteiger charge is -2.36. The van der Waals surface area contributed by atoms with Crippen molar-refractivity contribution in [3.63, 3.8) is 0 Å². The number of H-pyrrole nitrogens is 1. The molecule has 1 saturated carbocycles. The van der Waals surface area contributed by atoms with Gasteiger partial charge in [0.25, 0.3) is 0 Å². The smallest absolute Gasteiger partial charge is 0.325 e. The summed E-state index contributed by atoms with van der Waals surface area (Å²) in [6.07, 6.45) is -0.402. The molecule has 1 aromatic carbocycles. The molecule has 7 nitrogen and oxygen atoms in total. The largest absolute Gasteiger partial charge is 0.433 e. The Bertz CT molecular complexity index is 1170. The molecule has 5 N–H and O–H groups in total. The number of pyridine rings is 1. The number of halogens is 3. The third-order valence-electron chi connectivity index (χ3n) is 6.12. The third kappa shape index (κ3) is 4.82. The van der Waals surface area contributed by atoms with Gasteiger partial charge in [0.2, 0.25) is 0 Å². The minimum atomic E-state index is -4.60. The number of nitrogens with two attached hydrogens (primary N) is 1. The van der Waals surface area contributed by atoms with Crippen LogP contribution in [-0.2, 0) is 12.7 Å². The zero-order valence-corrected chi connectivity index (χ0v) is 19.5. The van der Waals surface area contributed by atoms with Gasteiger partial charge in [0.1, 0.15) is 17.2 Å². The monoisotopic (exact) mass is 473 g/mol. The van der Waals surface area contributed by atoms with Crippen molar-refractivity contribution in [3.05, 3.63) is 47.3 Å². The van der Waals surface area contributed by atoms with Gasteiger partial charge >= 0.3 is 6.18 Å². The van der Waals surface area contributed by atoms with E-state index in [0.717, 1.165) is 37.2 Å². The van der Waals surface area contributed by atoms with Crippen LogP contribution in [0.1, 0.15) is 56.0 Å². The number of nitrogens with zero attached hydrogens (tertiary/aromatic N) is 3. The zero-order valence-electron chi connectivity index (χ0n) is 19.5. The summed E-state index contributed by atoms with van der Waals surface area (Å²) >= 11 is 0. The fourth-order valence-electron chi connectivity index (χ4n) is 4.19. The summed E-state index contributed by atoms with van der Waals surface area (Å²) < 4.78 is 40.2. The van der Waals surface area contributed by atoms with Gasteiger partial charge in [0, 0.05) is 30.5 Å². The molecule has 10 heteroatoms. The van der Waals surface area contributed by atoms with Gasteiger partial charge in [0.15, 0.2) is 0 Å². The number of likely N-dealkylation sites (N-methyl/N-ethyl adjacent to an activating group) is 1. The normalized spacial score (nSPS) is 14.7. The van der Waals surface area contributed by atoms with Crippen molar-refractivity contribution in [2.45, 2.75) is 51.7 Å². The van der Waals surface area contributed by atoms with Gasteiger partial charge in [-0.05, 0) is 36.5 Å². The quantitative estimate of drug-likeness (QED) is 0.278. The van der Waals surface area contributed by atoms with E-state index in [1.54, 1.807) is 13.1 Å². The van der Waals surface area contributed by atoms with Crippen molar-refractivity contribution in [1.82, 2.24) is 20.1 Å². The summed E-state index contributed by atoms with van der Waals surface area (Å²) in [7, 11) is 1.67. The zero-order chi connectivity index (χ0) is 25.0. The fraction of sp³-hybridized carbons (Fsp3) is 0.417. The molecule has 0 bridgehead atoms. The molecular weight excluding hydrogens is 443 g/mol. The molecule has 0 spiro atoms. The molecule has 0 amide bonds. The number of fused-ring (bicyclic) bond motifs is 1. The maximum atomic E-state index is 13.4. The van der Waals surface area contributed by atoms with Gasteiger partial charge in [-0.1, -0.05) is 38.5 Å². The summed E-state index contributed by atoms with van der Waals surface area (Å²) in [6.45, 7) is 3.85. The van der Waals surface area contributed by atoms with E-state index >= 15 is 0 Å². The van der Waals surface area contributed by atoms with E-state index in [-0.39, 0.29) is 18.2 Å². The lowest BCUT2D eigenvalue weighted by molar-refractivity contribution is -0.141. The molecule has 4 rings (SSSR count). The highest BCUT2D eigenvalue weighted by Gasteiger charge is 2.35. The Morgan fingerprint density at radius 3 is 2.56 bits per heavy atom. The number of hydrogen-bond acceptors (Lipinski definition) is 5. The maximum absolute atomic E-state index is 13.4. The molecule has 1 unspecified atom stereocenters. The minimum absolute atomic E-state index is 0.103. The van der Waals surface area contributed by atoms with Crippen LogP contribution in [0.2, 0.25) is 0 Å². The first-order valence-electron chi connectivity index (χ1n) is 11.3. The highest BCUT2D eigenvalue weighted by atomic mass is 19.4. The Labute approximate surface area is 196 Å². The molecule has 0 radical (unpaired) electrons. The molecule has 0 aliphatic heterocycles. The lowest BCUT2D eigenvalue weighted by Crippen LogP contribution is -2.36. The van der Waals surface area contributed by atoms with Crippen LogP contribution < -0.4 is 5.73 Å². The molecule has 182 valence electrons. The van der Waals surface area contributed by atoms with E-state index in [0.29, 0.717) is 33.9 Å². The van der Waals surface area contributed by atoms with Crippen molar-refractivity contribution in [2.75, 3.05) is 7.05 Å². The number of benzene rings is 1. The van der Waals surface area contributed by atoms with E-state index in [1.165, 1.54) is 4.90 Å². The van der Waals surface area contributed by atoms with Gasteiger partial charge in [-0.2, -0.15) is 18.3 Å². The lowest BCUT2D eigenvalue weighted by atomic mass is 9.72. The fourth-order valence-corrected chi connectivity index (χ4v) is 4.19. The Kier molecular flexibility index (Phi) is 7.71. The molecule has 1 aliphatic rings. The van der Waals surface area contributed by atoms with Crippen LogP contribution in [0.15, 0.2) is 30.3 Å². The van der Waals surface area contributed by atoms with E-state index in [9.17, 15) is 13.2 Å². The standard InChI is InChI=1S/C22H24F3N7.C2H6/c1-32(11-27)21(28)18(12-4-2-5-12)13-6-3-7-14(8-13)19-15-9-17(22(23,24)25)29-16(10-26)20(15)31-30-19;1-2/h3,6-9,11-12,18,27-28H,2,4-5,10,26H2,1H3,(H,30,31);1-2H3. The Hall–Kier alpha value is -3.27. The first-order chi connectivity index (χ1) is 16.2. The summed E-state index contributed by atoms with van der Waals surface area (Å²) in [4.78, 5) is 5.14. The molecule has 3 aromatic rings. The van der Waals surface area contributed by atoms with Gasteiger partial charge in [-0.15, -0.1) is 0 Å². The van der Waals surface area contributed by atoms with Crippen molar-refractivity contribution in [1.29, 1.82) is 10.8 Å². The highest BCUT2D eigenvalue weighted by molar-refractivity contribution is 5.96. The third-order valence-corrected chi connectivity index (χ3v) is 6.12. The molecule has 34 heavy (non-hydrogen) atoms. The van der Waals surface area contributed by atoms with E-state index < -0.39 is 11.9 Å². The molecule has 1 fully saturated rings. The molecule has 1 aliphatic carbocycles. The van der Waals surface area contributed by atoms with Gasteiger partial charge in [-0.25, -0.2) is 4.98 Å². The number of aromatic nitrogens is 3. The number of nitrogens with one attached hydrogen (secondary N) is 3. The van der Waals surface area contributed by atoms with Crippen molar-refractivity contribution in [3.8, 4) is 11.3 Å². The average molecular weight is 474 g/mol. The van der Waals surface area contributed by atoms with Crippen LogP contribution in [0.25, 0.3) is 22.2 Å². The minimum Gasteiger partial charge on any atom is -0.325 e. The molecule has 1 atom stereocenters. The number of hydrogen-bond donors (Lipinski definition) is 4. The Morgan fingerprint density at radius 2 is 2.00 bits per heavy atom. The van der Waals surface area contributed by atoms with Crippen molar-refractivity contribution < 1.29 is 13.2 Å². The van der Waals surface area contributed by atoms with E-state index in [1.807, 2.05) is 32.0 Å². The van der Waals surface area contributed by atoms with Crippen molar-refractivity contribution in [2.24, 2.45) is 11.7 Å². The number of aromatic amines is 1. The number of amidine groups is 1. The van der Waals surface area contributed by atoms with Gasteiger partial charge in [0.05, 0.1) is 17.5 Å². The Morgan fingerprint density at radius 1 is 1.29 bits per heavy atom. The predicted molar refractivity (Wildman–Crippen MR) is 128 cm³/mol. The van der Waals surface area contributed by atoms with Crippen LogP contribution in [0.3, 0.4) is 0 Å². The van der Waals surface area contributed by atoms with Crippen LogP contribution >= 0.6 is 0 Å². The molecular formula is C24H30F3N7. The molecule has 2 heterocycles. The SMILES string of the molecule is CC.CN(C=N)C(=N)C(c1cccc(-c2n[nH]c3c(CN)nc(C(F)(F)F)cc23)c1)C1CCC1. The summed E-state index contributed by atoms with van der Waals surface area (Å²) in [5.74, 6) is 0.413. The number of alkyl halides is 3. The second-order valence-corrected chi connectivity index (χ2v) is 8.07. The molecule has 0 saturated heterocycles. The second-order valence-electron chi connectivity index (χ2n) is 8.07. The summed E-state index contributed by atoms with van der Waals surface area (Å²) in [6, 6.07) is 8.40. The predicted octanol–water partition coefficient (Wildman–Crippen LogP) is 5.53. The molecule has 2 aromatic heterocycles. The Balaban J connectivity index is 0.00000158. The summed E-state index contributed by atoms with van der Waals surface area (Å²) in [5.41, 5.74) is 7.03.